The van der Waals surface area contributed by atoms with E-state index in [1.165, 1.54) is 0 Å². The molecule has 140 valence electrons. The minimum absolute atomic E-state index is 0.117. The number of unbranched alkanes of at least 4 members (excludes halogenated alkanes) is 2. The molecule has 2 N–H and O–H groups in total. The minimum atomic E-state index is -0.596. The number of hydrogen-bond donors (Lipinski definition) is 2. The fourth-order valence-corrected chi connectivity index (χ4v) is 2.76. The van der Waals surface area contributed by atoms with Crippen molar-refractivity contribution in [3.8, 4) is 11.8 Å². The number of hydrogen-bond acceptors (Lipinski definition) is 4. The predicted molar refractivity (Wildman–Crippen MR) is 100 cm³/mol. The van der Waals surface area contributed by atoms with Gasteiger partial charge < -0.3 is 14.9 Å². The fraction of sp³-hybridized carbons (Fsp3) is 0.476. The molecule has 26 heavy (non-hydrogen) atoms. The van der Waals surface area contributed by atoms with Crippen LogP contribution in [0.5, 0.6) is 0 Å². The van der Waals surface area contributed by atoms with E-state index in [4.69, 9.17) is 9.84 Å². The van der Waals surface area contributed by atoms with Gasteiger partial charge in [0.2, 0.25) is 0 Å². The highest BCUT2D eigenvalue weighted by atomic mass is 16.6. The summed E-state index contributed by atoms with van der Waals surface area (Å²) in [6.07, 6.45) is 6.19. The van der Waals surface area contributed by atoms with Crippen molar-refractivity contribution in [2.45, 2.75) is 44.2 Å². The molecule has 0 saturated carbocycles. The van der Waals surface area contributed by atoms with E-state index in [-0.39, 0.29) is 18.7 Å². The van der Waals surface area contributed by atoms with E-state index in [2.05, 4.69) is 11.8 Å². The first-order valence-corrected chi connectivity index (χ1v) is 9.11. The second kappa shape index (κ2) is 11.3. The summed E-state index contributed by atoms with van der Waals surface area (Å²) in [5, 5.41) is 19.0. The molecule has 0 bridgehead atoms. The molecular weight excluding hydrogens is 330 g/mol. The smallest absolute Gasteiger partial charge is 0.411 e. The topological polar surface area (TPSA) is 70.0 Å². The first kappa shape index (κ1) is 20.0. The molecule has 1 amide bonds. The van der Waals surface area contributed by atoms with Gasteiger partial charge in [-0.15, -0.1) is 5.92 Å². The van der Waals surface area contributed by atoms with Gasteiger partial charge in [-0.3, -0.25) is 4.90 Å². The molecule has 1 aliphatic rings. The highest BCUT2D eigenvalue weighted by Gasteiger charge is 2.27. The van der Waals surface area contributed by atoms with Crippen LogP contribution in [-0.2, 0) is 11.2 Å². The first-order chi connectivity index (χ1) is 12.7. The Balaban J connectivity index is 1.88. The van der Waals surface area contributed by atoms with E-state index in [9.17, 15) is 9.90 Å². The second-order valence-corrected chi connectivity index (χ2v) is 6.27. The molecule has 0 aromatic heterocycles. The molecule has 1 saturated heterocycles. The predicted octanol–water partition coefficient (Wildman–Crippen LogP) is 2.52. The van der Waals surface area contributed by atoms with Gasteiger partial charge in [0.1, 0.15) is 0 Å². The van der Waals surface area contributed by atoms with Crippen molar-refractivity contribution < 1.29 is 19.7 Å². The lowest BCUT2D eigenvalue weighted by Gasteiger charge is -2.31. The Morgan fingerprint density at radius 1 is 1.27 bits per heavy atom. The van der Waals surface area contributed by atoms with Crippen LogP contribution in [0.4, 0.5) is 4.79 Å². The van der Waals surface area contributed by atoms with Crippen LogP contribution in [0.3, 0.4) is 0 Å². The SMILES string of the molecule is O=C1OCC[C@H](/C=C/C(O)Cc2ccccc2)N1CC#CCCCCO. The minimum Gasteiger partial charge on any atom is -0.449 e. The number of carbonyl (C=O) groups excluding carboxylic acids is 1. The third-order valence-electron chi connectivity index (χ3n) is 4.20. The Labute approximate surface area is 155 Å². The molecular formula is C21H27NO4. The third kappa shape index (κ3) is 6.91. The van der Waals surface area contributed by atoms with Crippen LogP contribution < -0.4 is 0 Å². The molecule has 5 heteroatoms. The molecule has 1 aliphatic heterocycles. The van der Waals surface area contributed by atoms with Crippen LogP contribution in [0, 0.1) is 11.8 Å². The van der Waals surface area contributed by atoms with Gasteiger partial charge in [0.15, 0.2) is 0 Å². The molecule has 1 unspecified atom stereocenters. The van der Waals surface area contributed by atoms with Gasteiger partial charge in [-0.05, 0) is 18.4 Å². The van der Waals surface area contributed by atoms with E-state index < -0.39 is 6.10 Å². The number of aliphatic hydroxyl groups excluding tert-OH is 2. The number of carbonyl (C=O) groups is 1. The lowest BCUT2D eigenvalue weighted by atomic mass is 10.1. The number of nitrogens with zero attached hydrogens (tertiary/aromatic N) is 1. The van der Waals surface area contributed by atoms with Crippen LogP contribution in [0.2, 0.25) is 0 Å². The number of rotatable bonds is 8. The van der Waals surface area contributed by atoms with Crippen molar-refractivity contribution in [2.24, 2.45) is 0 Å². The maximum absolute atomic E-state index is 12.0. The summed E-state index contributed by atoms with van der Waals surface area (Å²) in [4.78, 5) is 13.6. The van der Waals surface area contributed by atoms with Gasteiger partial charge in [-0.2, -0.15) is 0 Å². The Bertz CT molecular complexity index is 632. The van der Waals surface area contributed by atoms with Gasteiger partial charge in [-0.1, -0.05) is 48.4 Å². The summed E-state index contributed by atoms with van der Waals surface area (Å²) in [5.74, 6) is 6.02. The fourth-order valence-electron chi connectivity index (χ4n) is 2.76. The standard InChI is InChI=1S/C21H27NO4/c23-15-8-3-1-2-7-14-22-19(13-16-26-21(22)25)11-12-20(24)17-18-9-5-4-6-10-18/h4-6,9-12,19-20,23-24H,1,3,8,13-17H2/b12-11+/t19-,20?/m0/s1. The Morgan fingerprint density at radius 2 is 2.08 bits per heavy atom. The van der Waals surface area contributed by atoms with Gasteiger partial charge in [0, 0.05) is 25.9 Å². The summed E-state index contributed by atoms with van der Waals surface area (Å²) in [6, 6.07) is 9.69. The van der Waals surface area contributed by atoms with E-state index in [1.54, 1.807) is 11.0 Å². The average Bonchev–Trinajstić information content (AvgIpc) is 2.65. The zero-order valence-corrected chi connectivity index (χ0v) is 15.0. The van der Waals surface area contributed by atoms with Gasteiger partial charge in [-0.25, -0.2) is 4.79 Å². The van der Waals surface area contributed by atoms with Gasteiger partial charge in [0.25, 0.3) is 0 Å². The lowest BCUT2D eigenvalue weighted by molar-refractivity contribution is 0.0618. The Hall–Kier alpha value is -2.29. The largest absolute Gasteiger partial charge is 0.449 e. The quantitative estimate of drug-likeness (QED) is 0.426. The van der Waals surface area contributed by atoms with Crippen molar-refractivity contribution in [3.05, 3.63) is 48.0 Å². The number of amides is 1. The molecule has 0 radical (unpaired) electrons. The molecule has 2 rings (SSSR count). The van der Waals surface area contributed by atoms with Crippen LogP contribution in [0.1, 0.15) is 31.2 Å². The summed E-state index contributed by atoms with van der Waals surface area (Å²) < 4.78 is 5.11. The van der Waals surface area contributed by atoms with Crippen molar-refractivity contribution in [1.82, 2.24) is 4.90 Å². The summed E-state index contributed by atoms with van der Waals surface area (Å²) in [7, 11) is 0. The first-order valence-electron chi connectivity index (χ1n) is 9.11. The summed E-state index contributed by atoms with van der Waals surface area (Å²) >= 11 is 0. The Kier molecular flexibility index (Phi) is 8.74. The molecule has 0 spiro atoms. The maximum atomic E-state index is 12.0. The molecule has 2 atom stereocenters. The number of cyclic esters (lactones) is 1. The average molecular weight is 357 g/mol. The lowest BCUT2D eigenvalue weighted by Crippen LogP contribution is -2.44. The molecule has 1 aromatic carbocycles. The third-order valence-corrected chi connectivity index (χ3v) is 4.20. The normalized spacial score (nSPS) is 18.3. The number of benzene rings is 1. The number of aliphatic hydroxyl groups is 2. The Morgan fingerprint density at radius 3 is 2.85 bits per heavy atom. The van der Waals surface area contributed by atoms with E-state index in [1.807, 2.05) is 36.4 Å². The van der Waals surface area contributed by atoms with Crippen LogP contribution in [-0.4, -0.2) is 53.1 Å². The van der Waals surface area contributed by atoms with E-state index in [0.717, 1.165) is 18.4 Å². The molecule has 5 nitrogen and oxygen atoms in total. The highest BCUT2D eigenvalue weighted by Crippen LogP contribution is 2.15. The molecule has 1 fully saturated rings. The van der Waals surface area contributed by atoms with Gasteiger partial charge >= 0.3 is 6.09 Å². The number of ether oxygens (including phenoxy) is 1. The van der Waals surface area contributed by atoms with Crippen molar-refractivity contribution in [1.29, 1.82) is 0 Å². The van der Waals surface area contributed by atoms with Crippen molar-refractivity contribution in [2.75, 3.05) is 19.8 Å². The monoisotopic (exact) mass is 357 g/mol. The van der Waals surface area contributed by atoms with E-state index >= 15 is 0 Å². The summed E-state index contributed by atoms with van der Waals surface area (Å²) in [5.41, 5.74) is 1.07. The molecule has 1 aromatic rings. The molecule has 1 heterocycles. The van der Waals surface area contributed by atoms with E-state index in [0.29, 0.717) is 32.4 Å². The van der Waals surface area contributed by atoms with Crippen LogP contribution in [0.15, 0.2) is 42.5 Å². The maximum Gasteiger partial charge on any atom is 0.411 e. The van der Waals surface area contributed by atoms with Crippen LogP contribution in [0.25, 0.3) is 0 Å². The van der Waals surface area contributed by atoms with Gasteiger partial charge in [0.05, 0.1) is 25.3 Å². The highest BCUT2D eigenvalue weighted by molar-refractivity contribution is 5.69. The zero-order valence-electron chi connectivity index (χ0n) is 15.0. The van der Waals surface area contributed by atoms with Crippen LogP contribution >= 0.6 is 0 Å². The van der Waals surface area contributed by atoms with Crippen molar-refractivity contribution >= 4 is 6.09 Å². The zero-order chi connectivity index (χ0) is 18.6. The molecule has 0 aliphatic carbocycles. The van der Waals surface area contributed by atoms with Crippen molar-refractivity contribution in [3.63, 3.8) is 0 Å². The second-order valence-electron chi connectivity index (χ2n) is 6.27. The summed E-state index contributed by atoms with van der Waals surface area (Å²) in [6.45, 7) is 0.864.